The van der Waals surface area contributed by atoms with E-state index in [0.29, 0.717) is 0 Å². The molecule has 6 nitrogen and oxygen atoms in total. The van der Waals surface area contributed by atoms with Crippen molar-refractivity contribution in [1.29, 1.82) is 5.41 Å². The van der Waals surface area contributed by atoms with Crippen LogP contribution in [0.3, 0.4) is 0 Å². The monoisotopic (exact) mass is 194 g/mol. The van der Waals surface area contributed by atoms with Gasteiger partial charge in [0.2, 0.25) is 0 Å². The van der Waals surface area contributed by atoms with Crippen molar-refractivity contribution in [2.45, 2.75) is 0 Å². The summed E-state index contributed by atoms with van der Waals surface area (Å²) in [5, 5.41) is 6.90. The van der Waals surface area contributed by atoms with Crippen LogP contribution in [0.2, 0.25) is 0 Å². The molecule has 0 saturated heterocycles. The molecule has 3 N–H and O–H groups in total. The number of amidine groups is 1. The molecule has 0 radical (unpaired) electrons. The molecule has 0 saturated carbocycles. The normalized spacial score (nSPS) is 12.4. The molecule has 0 bridgehead atoms. The maximum Gasteiger partial charge on any atom is 0.281 e. The molecule has 0 heterocycles. The van der Waals surface area contributed by atoms with Crippen LogP contribution in [0.5, 0.6) is 0 Å². The van der Waals surface area contributed by atoms with Crippen molar-refractivity contribution in [2.24, 2.45) is 5.73 Å². The molecular formula is C5H14N4O2S. The van der Waals surface area contributed by atoms with Gasteiger partial charge in [0.05, 0.1) is 6.54 Å². The highest BCUT2D eigenvalue weighted by molar-refractivity contribution is 7.86. The number of hydrogen-bond donors (Lipinski definition) is 2. The summed E-state index contributed by atoms with van der Waals surface area (Å²) in [6.45, 7) is -0.0828. The molecule has 12 heavy (non-hydrogen) atoms. The zero-order valence-electron chi connectivity index (χ0n) is 7.40. The van der Waals surface area contributed by atoms with Gasteiger partial charge in [-0.15, -0.1) is 0 Å². The van der Waals surface area contributed by atoms with E-state index in [0.717, 1.165) is 8.61 Å². The van der Waals surface area contributed by atoms with Gasteiger partial charge in [-0.2, -0.15) is 17.0 Å². The van der Waals surface area contributed by atoms with E-state index in [1.165, 1.54) is 21.1 Å². The number of nitrogens with one attached hydrogen (secondary N) is 1. The van der Waals surface area contributed by atoms with Gasteiger partial charge in [0.15, 0.2) is 0 Å². The highest BCUT2D eigenvalue weighted by Gasteiger charge is 2.20. The average Bonchev–Trinajstić information content (AvgIpc) is 1.85. The van der Waals surface area contributed by atoms with Crippen molar-refractivity contribution in [2.75, 3.05) is 27.7 Å². The van der Waals surface area contributed by atoms with Crippen molar-refractivity contribution in [3.05, 3.63) is 0 Å². The molecule has 0 aliphatic heterocycles. The Labute approximate surface area is 72.6 Å². The van der Waals surface area contributed by atoms with E-state index in [1.807, 2.05) is 0 Å². The molecule has 0 rings (SSSR count). The number of nitrogens with two attached hydrogens (primary N) is 1. The fourth-order valence-corrected chi connectivity index (χ4v) is 1.46. The molecule has 0 aromatic rings. The van der Waals surface area contributed by atoms with Crippen LogP contribution in [0, 0.1) is 5.41 Å². The smallest absolute Gasteiger partial charge is 0.281 e. The first-order valence-electron chi connectivity index (χ1n) is 3.25. The van der Waals surface area contributed by atoms with Gasteiger partial charge < -0.3 is 5.73 Å². The zero-order valence-corrected chi connectivity index (χ0v) is 8.22. The number of likely N-dealkylation sites (N-methyl/N-ethyl adjacent to an activating group) is 1. The molecular weight excluding hydrogens is 180 g/mol. The fraction of sp³-hybridized carbons (Fsp3) is 0.800. The van der Waals surface area contributed by atoms with Crippen molar-refractivity contribution >= 4 is 16.0 Å². The number of hydrogen-bond acceptors (Lipinski definition) is 3. The lowest BCUT2D eigenvalue weighted by Gasteiger charge is -2.20. The second-order valence-electron chi connectivity index (χ2n) is 2.57. The maximum absolute atomic E-state index is 11.3. The van der Waals surface area contributed by atoms with Gasteiger partial charge in [-0.05, 0) is 0 Å². The topological polar surface area (TPSA) is 90.5 Å². The lowest BCUT2D eigenvalue weighted by Crippen LogP contribution is -2.41. The first kappa shape index (κ1) is 11.3. The second-order valence-corrected chi connectivity index (χ2v) is 4.82. The summed E-state index contributed by atoms with van der Waals surface area (Å²) in [5.41, 5.74) is 5.05. The fourth-order valence-electron chi connectivity index (χ4n) is 0.600. The SMILES string of the molecule is CN(C)S(=O)(=O)N(C)CC(=N)N. The van der Waals surface area contributed by atoms with Crippen LogP contribution >= 0.6 is 0 Å². The Bertz CT molecular complexity index is 259. The largest absolute Gasteiger partial charge is 0.387 e. The lowest BCUT2D eigenvalue weighted by molar-refractivity contribution is 0.441. The number of rotatable bonds is 4. The third-order valence-electron chi connectivity index (χ3n) is 1.25. The van der Waals surface area contributed by atoms with Crippen molar-refractivity contribution in [1.82, 2.24) is 8.61 Å². The summed E-state index contributed by atoms with van der Waals surface area (Å²) in [6.07, 6.45) is 0. The Kier molecular flexibility index (Phi) is 3.62. The van der Waals surface area contributed by atoms with Crippen molar-refractivity contribution in [3.63, 3.8) is 0 Å². The third kappa shape index (κ3) is 2.76. The van der Waals surface area contributed by atoms with Crippen LogP contribution in [0.1, 0.15) is 0 Å². The summed E-state index contributed by atoms with van der Waals surface area (Å²) in [4.78, 5) is 0. The molecule has 72 valence electrons. The predicted octanol–water partition coefficient (Wildman–Crippen LogP) is -1.34. The molecule has 0 unspecified atom stereocenters. The van der Waals surface area contributed by atoms with E-state index >= 15 is 0 Å². The first-order valence-corrected chi connectivity index (χ1v) is 4.65. The van der Waals surface area contributed by atoms with Crippen LogP contribution in [0.25, 0.3) is 0 Å². The molecule has 7 heteroatoms. The van der Waals surface area contributed by atoms with Crippen molar-refractivity contribution in [3.8, 4) is 0 Å². The molecule has 0 fully saturated rings. The second kappa shape index (κ2) is 3.83. The molecule has 0 aliphatic carbocycles. The van der Waals surface area contributed by atoms with Gasteiger partial charge in [0.25, 0.3) is 10.2 Å². The summed E-state index contributed by atoms with van der Waals surface area (Å²) in [6, 6.07) is 0. The van der Waals surface area contributed by atoms with Crippen LogP contribution in [0.4, 0.5) is 0 Å². The van der Waals surface area contributed by atoms with Crippen LogP contribution in [-0.4, -0.2) is 50.6 Å². The minimum Gasteiger partial charge on any atom is -0.387 e. The summed E-state index contributed by atoms with van der Waals surface area (Å²) >= 11 is 0. The quantitative estimate of drug-likeness (QED) is 0.428. The van der Waals surface area contributed by atoms with E-state index in [2.05, 4.69) is 0 Å². The van der Waals surface area contributed by atoms with Gasteiger partial charge in [-0.1, -0.05) is 0 Å². The molecule has 0 spiro atoms. The predicted molar refractivity (Wildman–Crippen MR) is 47.2 cm³/mol. The summed E-state index contributed by atoms with van der Waals surface area (Å²) in [7, 11) is 0.791. The van der Waals surface area contributed by atoms with E-state index in [1.54, 1.807) is 0 Å². The summed E-state index contributed by atoms with van der Waals surface area (Å²) < 4.78 is 24.6. The maximum atomic E-state index is 11.3. The Morgan fingerprint density at radius 2 is 1.83 bits per heavy atom. The van der Waals surface area contributed by atoms with E-state index in [-0.39, 0.29) is 12.4 Å². The zero-order chi connectivity index (χ0) is 9.94. The minimum atomic E-state index is -3.43. The standard InChI is InChI=1S/C5H14N4O2S/c1-8(2)12(10,11)9(3)4-5(6)7/h4H2,1-3H3,(H3,6,7). The molecule has 0 atom stereocenters. The molecule has 0 aliphatic rings. The first-order chi connectivity index (χ1) is 5.28. The lowest BCUT2D eigenvalue weighted by atomic mass is 10.6. The van der Waals surface area contributed by atoms with Gasteiger partial charge in [0, 0.05) is 21.1 Å². The van der Waals surface area contributed by atoms with Crippen LogP contribution in [0.15, 0.2) is 0 Å². The van der Waals surface area contributed by atoms with E-state index in [4.69, 9.17) is 11.1 Å². The Balaban J connectivity index is 4.48. The highest BCUT2D eigenvalue weighted by Crippen LogP contribution is 1.99. The highest BCUT2D eigenvalue weighted by atomic mass is 32.2. The minimum absolute atomic E-state index is 0.0828. The van der Waals surface area contributed by atoms with Gasteiger partial charge in [0.1, 0.15) is 5.84 Å². The van der Waals surface area contributed by atoms with Gasteiger partial charge in [-0.3, -0.25) is 5.41 Å². The Morgan fingerprint density at radius 1 is 1.42 bits per heavy atom. The molecule has 0 aromatic heterocycles. The van der Waals surface area contributed by atoms with Gasteiger partial charge >= 0.3 is 0 Å². The summed E-state index contributed by atoms with van der Waals surface area (Å²) in [5.74, 6) is -0.178. The Morgan fingerprint density at radius 3 is 2.08 bits per heavy atom. The Hall–Kier alpha value is -0.660. The number of nitrogens with zero attached hydrogens (tertiary/aromatic N) is 2. The van der Waals surface area contributed by atoms with Gasteiger partial charge in [-0.25, -0.2) is 0 Å². The van der Waals surface area contributed by atoms with Crippen molar-refractivity contribution < 1.29 is 8.42 Å². The molecule has 0 amide bonds. The average molecular weight is 194 g/mol. The molecule has 0 aromatic carbocycles. The van der Waals surface area contributed by atoms with E-state index < -0.39 is 10.2 Å². The van der Waals surface area contributed by atoms with Crippen LogP contribution in [-0.2, 0) is 10.2 Å². The third-order valence-corrected chi connectivity index (χ3v) is 3.09. The van der Waals surface area contributed by atoms with E-state index in [9.17, 15) is 8.42 Å². The van der Waals surface area contributed by atoms with Crippen LogP contribution < -0.4 is 5.73 Å².